The van der Waals surface area contributed by atoms with Gasteiger partial charge < -0.3 is 10.6 Å². The Bertz CT molecular complexity index is 962. The number of hydrogen-bond acceptors (Lipinski definition) is 5. The number of carbonyl (C=O) groups excluding carboxylic acids is 1. The maximum Gasteiger partial charge on any atom is 0.329 e. The van der Waals surface area contributed by atoms with Crippen molar-refractivity contribution in [1.82, 2.24) is 19.4 Å². The minimum absolute atomic E-state index is 0. The van der Waals surface area contributed by atoms with Gasteiger partial charge in [0.25, 0.3) is 11.5 Å². The minimum atomic E-state index is -0.574. The number of pyridine rings is 1. The lowest BCUT2D eigenvalue weighted by Gasteiger charge is -2.30. The lowest BCUT2D eigenvalue weighted by atomic mass is 10.0. The fraction of sp³-hybridized carbons (Fsp3) is 0.556. The molecule has 1 saturated heterocycles. The van der Waals surface area contributed by atoms with Gasteiger partial charge in [-0.1, -0.05) is 13.8 Å². The Morgan fingerprint density at radius 2 is 1.89 bits per heavy atom. The number of amides is 1. The standard InChI is InChI=1S/C18H25N5O3.2ClH/c1-4-23-15-14(16(24)21-18(23)26)12(9-13(20-15)10(2)3)17(25)22-7-5-11(19)6-8-22;;/h9-11H,4-8,19H2,1-3H3,(H,21,24,26);2*1H. The molecule has 3 N–H and O–H groups in total. The maximum absolute atomic E-state index is 13.1. The Balaban J connectivity index is 0.00000196. The van der Waals surface area contributed by atoms with Crippen LogP contribution >= 0.6 is 24.8 Å². The summed E-state index contributed by atoms with van der Waals surface area (Å²) in [7, 11) is 0. The Labute approximate surface area is 175 Å². The molecule has 0 spiro atoms. The average molecular weight is 432 g/mol. The number of nitrogens with two attached hydrogens (primary N) is 1. The van der Waals surface area contributed by atoms with Gasteiger partial charge in [-0.2, -0.15) is 0 Å². The molecule has 0 unspecified atom stereocenters. The summed E-state index contributed by atoms with van der Waals surface area (Å²) in [5, 5.41) is 0.177. The van der Waals surface area contributed by atoms with Gasteiger partial charge in [0.1, 0.15) is 0 Å². The summed E-state index contributed by atoms with van der Waals surface area (Å²) in [6.07, 6.45) is 1.48. The summed E-state index contributed by atoms with van der Waals surface area (Å²) in [5.74, 6) is -0.154. The van der Waals surface area contributed by atoms with Gasteiger partial charge in [-0.15, -0.1) is 24.8 Å². The van der Waals surface area contributed by atoms with Crippen LogP contribution in [0.1, 0.15) is 55.6 Å². The number of piperidine rings is 1. The van der Waals surface area contributed by atoms with Crippen LogP contribution in [0.15, 0.2) is 15.7 Å². The predicted octanol–water partition coefficient (Wildman–Crippen LogP) is 1.64. The zero-order chi connectivity index (χ0) is 19.0. The third-order valence-corrected chi connectivity index (χ3v) is 4.93. The van der Waals surface area contributed by atoms with Crippen molar-refractivity contribution in [3.8, 4) is 0 Å². The molecular formula is C18H27Cl2N5O3. The second-order valence-electron chi connectivity index (χ2n) is 7.08. The second-order valence-corrected chi connectivity index (χ2v) is 7.08. The number of aromatic amines is 1. The Hall–Kier alpha value is -1.90. The molecule has 8 nitrogen and oxygen atoms in total. The number of likely N-dealkylation sites (tertiary alicyclic amines) is 1. The second kappa shape index (κ2) is 9.54. The Kier molecular flexibility index (Phi) is 8.22. The van der Waals surface area contributed by atoms with Gasteiger partial charge in [-0.25, -0.2) is 9.78 Å². The lowest BCUT2D eigenvalue weighted by molar-refractivity contribution is 0.0716. The smallest absolute Gasteiger partial charge is 0.329 e. The van der Waals surface area contributed by atoms with E-state index in [0.717, 1.165) is 12.8 Å². The van der Waals surface area contributed by atoms with Crippen molar-refractivity contribution in [2.45, 2.75) is 52.1 Å². The van der Waals surface area contributed by atoms with Crippen LogP contribution in [-0.4, -0.2) is 44.5 Å². The number of nitrogens with zero attached hydrogens (tertiary/aromatic N) is 3. The van der Waals surface area contributed by atoms with Crippen LogP contribution in [0.2, 0.25) is 0 Å². The zero-order valence-corrected chi connectivity index (χ0v) is 17.9. The molecule has 1 amide bonds. The number of nitrogens with one attached hydrogen (secondary N) is 1. The highest BCUT2D eigenvalue weighted by atomic mass is 35.5. The summed E-state index contributed by atoms with van der Waals surface area (Å²) >= 11 is 0. The van der Waals surface area contributed by atoms with E-state index in [1.54, 1.807) is 17.9 Å². The number of aromatic nitrogens is 3. The van der Waals surface area contributed by atoms with Crippen molar-refractivity contribution < 1.29 is 4.79 Å². The van der Waals surface area contributed by atoms with Crippen LogP contribution in [0.5, 0.6) is 0 Å². The molecule has 1 aliphatic rings. The third-order valence-electron chi connectivity index (χ3n) is 4.93. The molecule has 0 atom stereocenters. The molecule has 1 fully saturated rings. The van der Waals surface area contributed by atoms with Crippen LogP contribution in [0, 0.1) is 0 Å². The topological polar surface area (TPSA) is 114 Å². The van der Waals surface area contributed by atoms with E-state index in [2.05, 4.69) is 9.97 Å². The SMILES string of the molecule is CCn1c(=O)[nH]c(=O)c2c(C(=O)N3CCC(N)CC3)cc(C(C)C)nc21.Cl.Cl. The molecule has 0 aromatic carbocycles. The van der Waals surface area contributed by atoms with Crippen molar-refractivity contribution in [3.63, 3.8) is 0 Å². The van der Waals surface area contributed by atoms with E-state index in [9.17, 15) is 14.4 Å². The number of fused-ring (bicyclic) bond motifs is 1. The van der Waals surface area contributed by atoms with E-state index in [0.29, 0.717) is 30.9 Å². The van der Waals surface area contributed by atoms with Crippen molar-refractivity contribution in [1.29, 1.82) is 0 Å². The maximum atomic E-state index is 13.1. The molecule has 28 heavy (non-hydrogen) atoms. The molecular weight excluding hydrogens is 405 g/mol. The average Bonchev–Trinajstić information content (AvgIpc) is 2.61. The third kappa shape index (κ3) is 4.39. The van der Waals surface area contributed by atoms with E-state index >= 15 is 0 Å². The molecule has 2 aromatic rings. The fourth-order valence-corrected chi connectivity index (χ4v) is 3.32. The van der Waals surface area contributed by atoms with Gasteiger partial charge in [0.2, 0.25) is 0 Å². The number of rotatable bonds is 3. The predicted molar refractivity (Wildman–Crippen MR) is 114 cm³/mol. The number of halogens is 2. The van der Waals surface area contributed by atoms with Crippen LogP contribution < -0.4 is 17.0 Å². The van der Waals surface area contributed by atoms with Gasteiger partial charge in [0, 0.05) is 31.4 Å². The summed E-state index contributed by atoms with van der Waals surface area (Å²) in [6.45, 7) is 7.20. The summed E-state index contributed by atoms with van der Waals surface area (Å²) in [6, 6.07) is 1.79. The van der Waals surface area contributed by atoms with Crippen LogP contribution in [0.4, 0.5) is 0 Å². The van der Waals surface area contributed by atoms with Gasteiger partial charge in [0.15, 0.2) is 5.65 Å². The van der Waals surface area contributed by atoms with E-state index in [-0.39, 0.29) is 53.7 Å². The summed E-state index contributed by atoms with van der Waals surface area (Å²) in [5.41, 5.74) is 6.09. The highest BCUT2D eigenvalue weighted by Crippen LogP contribution is 2.22. The molecule has 0 radical (unpaired) electrons. The van der Waals surface area contributed by atoms with E-state index in [1.165, 1.54) is 4.57 Å². The van der Waals surface area contributed by atoms with E-state index in [1.807, 2.05) is 13.8 Å². The first-order valence-corrected chi connectivity index (χ1v) is 9.06. The zero-order valence-electron chi connectivity index (χ0n) is 16.2. The molecule has 3 rings (SSSR count). The van der Waals surface area contributed by atoms with E-state index < -0.39 is 11.2 Å². The molecule has 1 aliphatic heterocycles. The van der Waals surface area contributed by atoms with E-state index in [4.69, 9.17) is 5.73 Å². The van der Waals surface area contributed by atoms with Crippen molar-refractivity contribution >= 4 is 41.8 Å². The van der Waals surface area contributed by atoms with Gasteiger partial charge in [-0.3, -0.25) is 19.1 Å². The summed E-state index contributed by atoms with van der Waals surface area (Å²) < 4.78 is 1.39. The molecule has 2 aromatic heterocycles. The number of carbonyl (C=O) groups is 1. The van der Waals surface area contributed by atoms with Gasteiger partial charge in [-0.05, 0) is 31.7 Å². The monoisotopic (exact) mass is 431 g/mol. The largest absolute Gasteiger partial charge is 0.339 e. The number of H-pyrrole nitrogens is 1. The molecule has 10 heteroatoms. The van der Waals surface area contributed by atoms with Gasteiger partial charge in [0.05, 0.1) is 10.9 Å². The highest BCUT2D eigenvalue weighted by molar-refractivity contribution is 6.05. The first-order chi connectivity index (χ1) is 12.3. The fourth-order valence-electron chi connectivity index (χ4n) is 3.32. The highest BCUT2D eigenvalue weighted by Gasteiger charge is 2.26. The molecule has 156 valence electrons. The van der Waals surface area contributed by atoms with Crippen molar-refractivity contribution in [3.05, 3.63) is 38.2 Å². The summed E-state index contributed by atoms with van der Waals surface area (Å²) in [4.78, 5) is 46.4. The molecule has 0 bridgehead atoms. The van der Waals surface area contributed by atoms with Crippen LogP contribution in [0.25, 0.3) is 11.0 Å². The molecule has 3 heterocycles. The van der Waals surface area contributed by atoms with Crippen LogP contribution in [0.3, 0.4) is 0 Å². The minimum Gasteiger partial charge on any atom is -0.339 e. The van der Waals surface area contributed by atoms with Crippen molar-refractivity contribution in [2.75, 3.05) is 13.1 Å². The Morgan fingerprint density at radius 3 is 2.43 bits per heavy atom. The van der Waals surface area contributed by atoms with Crippen molar-refractivity contribution in [2.24, 2.45) is 5.73 Å². The first-order valence-electron chi connectivity index (χ1n) is 9.06. The lowest BCUT2D eigenvalue weighted by Crippen LogP contribution is -2.43. The van der Waals surface area contributed by atoms with Crippen LogP contribution in [-0.2, 0) is 6.54 Å². The quantitative estimate of drug-likeness (QED) is 0.766. The molecule has 0 aliphatic carbocycles. The Morgan fingerprint density at radius 1 is 1.29 bits per heavy atom. The number of hydrogen-bond donors (Lipinski definition) is 2. The first kappa shape index (κ1) is 24.1. The normalized spacial score (nSPS) is 14.7. The molecule has 0 saturated carbocycles. The number of aryl methyl sites for hydroxylation is 1. The van der Waals surface area contributed by atoms with Gasteiger partial charge >= 0.3 is 5.69 Å².